The minimum Gasteiger partial charge on any atom is -0.388 e. The fourth-order valence-corrected chi connectivity index (χ4v) is 1.18. The van der Waals surface area contributed by atoms with Crippen molar-refractivity contribution in [2.24, 2.45) is 0 Å². The largest absolute Gasteiger partial charge is 0.388 e. The zero-order valence-corrected chi connectivity index (χ0v) is 6.88. The smallest absolute Gasteiger partial charge is 0.111 e. The van der Waals surface area contributed by atoms with Crippen LogP contribution >= 0.6 is 0 Å². The summed E-state index contributed by atoms with van der Waals surface area (Å²) in [6.45, 7) is 0.247. The second-order valence-electron chi connectivity index (χ2n) is 2.88. The van der Waals surface area contributed by atoms with Gasteiger partial charge in [0.15, 0.2) is 0 Å². The van der Waals surface area contributed by atoms with Gasteiger partial charge in [-0.2, -0.15) is 0 Å². The van der Waals surface area contributed by atoms with Gasteiger partial charge in [-0.3, -0.25) is 0 Å². The molecule has 0 radical (unpaired) electrons. The Labute approximate surface area is 70.5 Å². The van der Waals surface area contributed by atoms with Gasteiger partial charge < -0.3 is 24.8 Å². The number of ether oxygens (including phenoxy) is 2. The van der Waals surface area contributed by atoms with Crippen LogP contribution in [0.5, 0.6) is 0 Å². The van der Waals surface area contributed by atoms with E-state index in [4.69, 9.17) is 14.6 Å². The van der Waals surface area contributed by atoms with Gasteiger partial charge in [0.05, 0.1) is 13.2 Å². The van der Waals surface area contributed by atoms with E-state index in [1.165, 1.54) is 7.11 Å². The van der Waals surface area contributed by atoms with Crippen LogP contribution in [0.25, 0.3) is 0 Å². The molecule has 0 bridgehead atoms. The molecule has 1 rings (SSSR count). The highest BCUT2D eigenvalue weighted by molar-refractivity contribution is 4.86. The summed E-state index contributed by atoms with van der Waals surface area (Å²) in [5.41, 5.74) is 0. The van der Waals surface area contributed by atoms with Gasteiger partial charge in [-0.15, -0.1) is 0 Å². The molecule has 1 aliphatic heterocycles. The third kappa shape index (κ3) is 1.94. The Morgan fingerprint density at radius 1 is 1.33 bits per heavy atom. The molecule has 5 nitrogen and oxygen atoms in total. The lowest BCUT2D eigenvalue weighted by atomic mass is 10.0. The molecule has 1 unspecified atom stereocenters. The molecule has 12 heavy (non-hydrogen) atoms. The average molecular weight is 178 g/mol. The fraction of sp³-hybridized carbons (Fsp3) is 1.00. The monoisotopic (exact) mass is 178 g/mol. The van der Waals surface area contributed by atoms with Crippen molar-refractivity contribution in [2.75, 3.05) is 20.3 Å². The quantitative estimate of drug-likeness (QED) is 0.461. The Kier molecular flexibility index (Phi) is 3.42. The zero-order chi connectivity index (χ0) is 9.14. The van der Waals surface area contributed by atoms with E-state index in [2.05, 4.69) is 0 Å². The second-order valence-corrected chi connectivity index (χ2v) is 2.88. The van der Waals surface area contributed by atoms with Crippen molar-refractivity contribution in [3.8, 4) is 0 Å². The molecule has 3 N–H and O–H groups in total. The SMILES string of the molecule is COC[C@@H]1OC[C@@H](O)C(O)[C@@H]1O. The lowest BCUT2D eigenvalue weighted by Crippen LogP contribution is -2.54. The van der Waals surface area contributed by atoms with Gasteiger partial charge in [-0.05, 0) is 0 Å². The molecule has 1 saturated heterocycles. The van der Waals surface area contributed by atoms with Crippen LogP contribution in [0.3, 0.4) is 0 Å². The maximum absolute atomic E-state index is 9.32. The van der Waals surface area contributed by atoms with Crippen molar-refractivity contribution in [3.63, 3.8) is 0 Å². The van der Waals surface area contributed by atoms with Crippen LogP contribution in [0.2, 0.25) is 0 Å². The van der Waals surface area contributed by atoms with Crippen LogP contribution in [-0.2, 0) is 9.47 Å². The number of hydrogen-bond acceptors (Lipinski definition) is 5. The first kappa shape index (κ1) is 9.88. The minimum atomic E-state index is -1.14. The average Bonchev–Trinajstić information content (AvgIpc) is 2.07. The van der Waals surface area contributed by atoms with E-state index in [0.717, 1.165) is 0 Å². The predicted octanol–water partition coefficient (Wildman–Crippen LogP) is -1.89. The van der Waals surface area contributed by atoms with Gasteiger partial charge in [0.25, 0.3) is 0 Å². The molecule has 0 aromatic carbocycles. The van der Waals surface area contributed by atoms with Gasteiger partial charge >= 0.3 is 0 Å². The molecule has 1 fully saturated rings. The van der Waals surface area contributed by atoms with E-state index in [0.29, 0.717) is 0 Å². The van der Waals surface area contributed by atoms with Crippen LogP contribution in [0.15, 0.2) is 0 Å². The highest BCUT2D eigenvalue weighted by Gasteiger charge is 2.37. The summed E-state index contributed by atoms with van der Waals surface area (Å²) in [6.07, 6.45) is -3.77. The molecule has 1 aliphatic rings. The van der Waals surface area contributed by atoms with Gasteiger partial charge in [0.1, 0.15) is 24.4 Å². The lowest BCUT2D eigenvalue weighted by molar-refractivity contribution is -0.197. The summed E-state index contributed by atoms with van der Waals surface area (Å²) in [5.74, 6) is 0. The number of hydrogen-bond donors (Lipinski definition) is 3. The molecule has 0 saturated carbocycles. The van der Waals surface area contributed by atoms with E-state index in [-0.39, 0.29) is 13.2 Å². The van der Waals surface area contributed by atoms with Crippen LogP contribution in [-0.4, -0.2) is 60.1 Å². The molecule has 1 heterocycles. The maximum atomic E-state index is 9.32. The van der Waals surface area contributed by atoms with Crippen molar-refractivity contribution in [1.29, 1.82) is 0 Å². The minimum absolute atomic E-state index is 0.0340. The first-order valence-corrected chi connectivity index (χ1v) is 3.81. The molecule has 4 atom stereocenters. The molecule has 0 aliphatic carbocycles. The van der Waals surface area contributed by atoms with Crippen molar-refractivity contribution in [3.05, 3.63) is 0 Å². The lowest BCUT2D eigenvalue weighted by Gasteiger charge is -2.34. The molecular formula is C7H14O5. The number of aliphatic hydroxyl groups excluding tert-OH is 3. The third-order valence-electron chi connectivity index (χ3n) is 1.94. The zero-order valence-electron chi connectivity index (χ0n) is 6.88. The summed E-state index contributed by atoms with van der Waals surface area (Å²) in [7, 11) is 1.48. The summed E-state index contributed by atoms with van der Waals surface area (Å²) in [4.78, 5) is 0. The van der Waals surface area contributed by atoms with Crippen LogP contribution in [0, 0.1) is 0 Å². The van der Waals surface area contributed by atoms with Crippen molar-refractivity contribution >= 4 is 0 Å². The Morgan fingerprint density at radius 3 is 2.58 bits per heavy atom. The van der Waals surface area contributed by atoms with Crippen LogP contribution in [0.1, 0.15) is 0 Å². The predicted molar refractivity (Wildman–Crippen MR) is 39.6 cm³/mol. The van der Waals surface area contributed by atoms with Gasteiger partial charge in [-0.1, -0.05) is 0 Å². The standard InChI is InChI=1S/C7H14O5/c1-11-3-5-7(10)6(9)4(8)2-12-5/h4-10H,2-3H2,1H3/t4-,5+,6?,7-/m1/s1. The molecule has 0 aromatic heterocycles. The maximum Gasteiger partial charge on any atom is 0.111 e. The molecule has 0 aromatic rings. The Hall–Kier alpha value is -0.200. The van der Waals surface area contributed by atoms with E-state index >= 15 is 0 Å². The van der Waals surface area contributed by atoms with Crippen LogP contribution < -0.4 is 0 Å². The Morgan fingerprint density at radius 2 is 2.00 bits per heavy atom. The van der Waals surface area contributed by atoms with Gasteiger partial charge in [0.2, 0.25) is 0 Å². The third-order valence-corrected chi connectivity index (χ3v) is 1.94. The van der Waals surface area contributed by atoms with Crippen LogP contribution in [0.4, 0.5) is 0 Å². The van der Waals surface area contributed by atoms with Crippen molar-refractivity contribution in [2.45, 2.75) is 24.4 Å². The van der Waals surface area contributed by atoms with E-state index in [1.807, 2.05) is 0 Å². The molecule has 0 spiro atoms. The normalized spacial score (nSPS) is 43.0. The second kappa shape index (κ2) is 4.15. The molecular weight excluding hydrogens is 164 g/mol. The van der Waals surface area contributed by atoms with E-state index < -0.39 is 24.4 Å². The van der Waals surface area contributed by atoms with Gasteiger partial charge in [0, 0.05) is 7.11 Å². The summed E-state index contributed by atoms with van der Waals surface area (Å²) in [6, 6.07) is 0. The first-order valence-electron chi connectivity index (χ1n) is 3.81. The number of methoxy groups -OCH3 is 1. The fourth-order valence-electron chi connectivity index (χ4n) is 1.18. The summed E-state index contributed by atoms with van der Waals surface area (Å²) >= 11 is 0. The Balaban J connectivity index is 2.46. The van der Waals surface area contributed by atoms with E-state index in [9.17, 15) is 10.2 Å². The number of aliphatic hydroxyl groups is 3. The first-order chi connectivity index (χ1) is 5.66. The molecule has 72 valence electrons. The molecule has 0 amide bonds. The van der Waals surface area contributed by atoms with E-state index in [1.54, 1.807) is 0 Å². The van der Waals surface area contributed by atoms with Crippen molar-refractivity contribution in [1.82, 2.24) is 0 Å². The van der Waals surface area contributed by atoms with Crippen molar-refractivity contribution < 1.29 is 24.8 Å². The highest BCUT2D eigenvalue weighted by atomic mass is 16.6. The Bertz CT molecular complexity index is 140. The molecule has 5 heteroatoms. The summed E-state index contributed by atoms with van der Waals surface area (Å²) in [5, 5.41) is 27.6. The summed E-state index contributed by atoms with van der Waals surface area (Å²) < 4.78 is 9.79. The topological polar surface area (TPSA) is 79.2 Å². The number of rotatable bonds is 2. The van der Waals surface area contributed by atoms with Gasteiger partial charge in [-0.25, -0.2) is 0 Å². The highest BCUT2D eigenvalue weighted by Crippen LogP contribution is 2.15.